The zero-order valence-corrected chi connectivity index (χ0v) is 42.7. The van der Waals surface area contributed by atoms with Crippen molar-refractivity contribution in [1.82, 2.24) is 0 Å². The molecule has 0 radical (unpaired) electrons. The van der Waals surface area contributed by atoms with Crippen LogP contribution in [0.25, 0.3) is 0 Å². The second kappa shape index (κ2) is 44.4. The number of hydrogen-bond donors (Lipinski definition) is 3. The van der Waals surface area contributed by atoms with E-state index in [0.717, 1.165) is 89.9 Å². The maximum absolute atomic E-state index is 13.0. The van der Waals surface area contributed by atoms with E-state index < -0.39 is 67.3 Å². The van der Waals surface area contributed by atoms with Crippen LogP contribution in [0, 0.1) is 0 Å². The Balaban J connectivity index is 2.67. The Hall–Kier alpha value is -2.80. The number of hydrogen-bond acceptors (Lipinski definition) is 11. The lowest BCUT2D eigenvalue weighted by Crippen LogP contribution is -2.61. The van der Waals surface area contributed by atoms with E-state index in [1.54, 1.807) is 0 Å². The van der Waals surface area contributed by atoms with Crippen LogP contribution in [0.5, 0.6) is 0 Å². The number of carboxylic acid groups (broad SMARTS) is 1. The minimum Gasteiger partial charge on any atom is -0.479 e. The van der Waals surface area contributed by atoms with Crippen LogP contribution in [-0.2, 0) is 42.9 Å². The number of aliphatic carboxylic acids is 1. The molecular weight excluding hydrogens is 853 g/mol. The van der Waals surface area contributed by atoms with Crippen LogP contribution in [0.2, 0.25) is 0 Å². The highest BCUT2D eigenvalue weighted by Crippen LogP contribution is 2.26. The SMILES string of the molecule is CCCCC/C=C\C/C=C\CCCCCCCCCC(=O)OC1C(OCC(COC(=O)CCCCCCCCCCCCC)OC(=O)CCCCCCCCCCC)OC(C(=O)O)C(O)C1O. The fourth-order valence-electron chi connectivity index (χ4n) is 8.28. The normalized spacial score (nSPS) is 19.0. The van der Waals surface area contributed by atoms with Gasteiger partial charge in [0.25, 0.3) is 0 Å². The molecule has 0 saturated carbocycles. The molecule has 12 nitrogen and oxygen atoms in total. The highest BCUT2D eigenvalue weighted by Gasteiger charge is 2.50. The maximum Gasteiger partial charge on any atom is 0.335 e. The first kappa shape index (κ1) is 62.2. The summed E-state index contributed by atoms with van der Waals surface area (Å²) >= 11 is 0. The van der Waals surface area contributed by atoms with Gasteiger partial charge in [-0.1, -0.05) is 206 Å². The van der Waals surface area contributed by atoms with Crippen molar-refractivity contribution in [2.24, 2.45) is 0 Å². The molecule has 0 aromatic heterocycles. The van der Waals surface area contributed by atoms with Gasteiger partial charge in [-0.2, -0.15) is 0 Å². The van der Waals surface area contributed by atoms with Gasteiger partial charge in [0.1, 0.15) is 18.8 Å². The van der Waals surface area contributed by atoms with Crippen molar-refractivity contribution < 1.29 is 58.2 Å². The van der Waals surface area contributed by atoms with E-state index in [1.807, 2.05) is 0 Å². The number of unbranched alkanes of at least 4 members (excludes halogenated alkanes) is 28. The Morgan fingerprint density at radius 1 is 0.493 bits per heavy atom. The van der Waals surface area contributed by atoms with Gasteiger partial charge in [-0.15, -0.1) is 0 Å². The van der Waals surface area contributed by atoms with E-state index in [2.05, 4.69) is 45.1 Å². The van der Waals surface area contributed by atoms with Gasteiger partial charge < -0.3 is 39.0 Å². The molecule has 1 heterocycles. The maximum atomic E-state index is 13.0. The number of carbonyl (C=O) groups excluding carboxylic acids is 3. The third-order valence-electron chi connectivity index (χ3n) is 12.5. The molecule has 3 N–H and O–H groups in total. The number of aliphatic hydroxyl groups excluding tert-OH is 2. The molecule has 1 rings (SSSR count). The van der Waals surface area contributed by atoms with Gasteiger partial charge in [0.05, 0.1) is 6.61 Å². The molecule has 0 aliphatic carbocycles. The predicted molar refractivity (Wildman–Crippen MR) is 266 cm³/mol. The average Bonchev–Trinajstić information content (AvgIpc) is 3.31. The molecule has 0 aromatic carbocycles. The fraction of sp³-hybridized carbons (Fsp3) is 0.855. The number of allylic oxidation sites excluding steroid dienone is 4. The van der Waals surface area contributed by atoms with Gasteiger partial charge in [0, 0.05) is 19.3 Å². The summed E-state index contributed by atoms with van der Waals surface area (Å²) < 4.78 is 28.3. The van der Waals surface area contributed by atoms with Crippen LogP contribution in [0.3, 0.4) is 0 Å². The zero-order chi connectivity index (χ0) is 49.0. The van der Waals surface area contributed by atoms with E-state index in [-0.39, 0.29) is 25.9 Å². The summed E-state index contributed by atoms with van der Waals surface area (Å²) in [5.41, 5.74) is 0. The van der Waals surface area contributed by atoms with Crippen LogP contribution in [-0.4, -0.2) is 89.2 Å². The van der Waals surface area contributed by atoms with Crippen LogP contribution in [0.4, 0.5) is 0 Å². The topological polar surface area (TPSA) is 175 Å². The number of rotatable bonds is 46. The standard InChI is InChI=1S/C55H98O12/c1-4-7-10-13-16-19-21-22-23-24-25-26-28-31-34-37-40-43-49(58)66-53-51(60)50(59)52(54(61)62)67-55(53)64-45-46(65-48(57)42-39-36-33-29-18-15-12-9-6-3)44-63-47(56)41-38-35-32-30-27-20-17-14-11-8-5-2/h16,19,22-23,46,50-53,55,59-60H,4-15,17-18,20-21,24-45H2,1-3H3,(H,61,62)/b19-16-,23-22-. The van der Waals surface area contributed by atoms with E-state index >= 15 is 0 Å². The average molecular weight is 951 g/mol. The Kier molecular flexibility index (Phi) is 41.2. The molecule has 1 aliphatic rings. The number of carbonyl (C=O) groups is 4. The van der Waals surface area contributed by atoms with Gasteiger partial charge in [0.15, 0.2) is 24.6 Å². The first-order chi connectivity index (χ1) is 32.6. The smallest absolute Gasteiger partial charge is 0.335 e. The molecule has 1 fully saturated rings. The first-order valence-electron chi connectivity index (χ1n) is 27.3. The zero-order valence-electron chi connectivity index (χ0n) is 42.7. The quantitative estimate of drug-likeness (QED) is 0.0228. The van der Waals surface area contributed by atoms with Crippen molar-refractivity contribution >= 4 is 23.9 Å². The highest BCUT2D eigenvalue weighted by molar-refractivity contribution is 5.74. The fourth-order valence-corrected chi connectivity index (χ4v) is 8.28. The second-order valence-corrected chi connectivity index (χ2v) is 18.9. The van der Waals surface area contributed by atoms with Crippen LogP contribution < -0.4 is 0 Å². The summed E-state index contributed by atoms with van der Waals surface area (Å²) in [4.78, 5) is 50.8. The number of carboxylic acids is 1. The molecule has 0 amide bonds. The second-order valence-electron chi connectivity index (χ2n) is 18.9. The molecule has 1 saturated heterocycles. The van der Waals surface area contributed by atoms with Gasteiger partial charge in [-0.05, 0) is 51.4 Å². The van der Waals surface area contributed by atoms with Gasteiger partial charge in [0.2, 0.25) is 0 Å². The third-order valence-corrected chi connectivity index (χ3v) is 12.5. The third kappa shape index (κ3) is 35.0. The number of aliphatic hydroxyl groups is 2. The largest absolute Gasteiger partial charge is 0.479 e. The van der Waals surface area contributed by atoms with Crippen molar-refractivity contribution in [2.45, 2.75) is 289 Å². The summed E-state index contributed by atoms with van der Waals surface area (Å²) in [5.74, 6) is -3.11. The van der Waals surface area contributed by atoms with E-state index in [9.17, 15) is 34.5 Å². The summed E-state index contributed by atoms with van der Waals surface area (Å²) in [6, 6.07) is 0. The summed E-state index contributed by atoms with van der Waals surface area (Å²) in [5, 5.41) is 31.3. The van der Waals surface area contributed by atoms with Crippen molar-refractivity contribution in [3.63, 3.8) is 0 Å². The van der Waals surface area contributed by atoms with Crippen LogP contribution in [0.15, 0.2) is 24.3 Å². The molecule has 0 bridgehead atoms. The van der Waals surface area contributed by atoms with Crippen molar-refractivity contribution in [3.8, 4) is 0 Å². The predicted octanol–water partition coefficient (Wildman–Crippen LogP) is 13.1. The number of esters is 3. The van der Waals surface area contributed by atoms with Gasteiger partial charge in [-0.3, -0.25) is 14.4 Å². The minimum absolute atomic E-state index is 0.0560. The van der Waals surface area contributed by atoms with E-state index in [1.165, 1.54) is 103 Å². The Morgan fingerprint density at radius 2 is 0.896 bits per heavy atom. The van der Waals surface area contributed by atoms with Gasteiger partial charge >= 0.3 is 23.9 Å². The molecule has 12 heteroatoms. The minimum atomic E-state index is -1.90. The molecular formula is C55H98O12. The molecule has 67 heavy (non-hydrogen) atoms. The highest BCUT2D eigenvalue weighted by atomic mass is 16.7. The molecule has 390 valence electrons. The van der Waals surface area contributed by atoms with Crippen molar-refractivity contribution in [2.75, 3.05) is 13.2 Å². The lowest BCUT2D eigenvalue weighted by atomic mass is 9.98. The molecule has 6 unspecified atom stereocenters. The molecule has 0 aromatic rings. The Labute approximate surface area is 407 Å². The summed E-state index contributed by atoms with van der Waals surface area (Å²) in [6.45, 7) is 5.93. The number of ether oxygens (including phenoxy) is 5. The summed E-state index contributed by atoms with van der Waals surface area (Å²) in [7, 11) is 0. The lowest BCUT2D eigenvalue weighted by Gasteiger charge is -2.40. The lowest BCUT2D eigenvalue weighted by molar-refractivity contribution is -0.301. The molecule has 1 aliphatic heterocycles. The van der Waals surface area contributed by atoms with Crippen LogP contribution in [0.1, 0.15) is 252 Å². The molecule has 6 atom stereocenters. The van der Waals surface area contributed by atoms with Gasteiger partial charge in [-0.25, -0.2) is 4.79 Å². The Morgan fingerprint density at radius 3 is 1.37 bits per heavy atom. The van der Waals surface area contributed by atoms with E-state index in [4.69, 9.17) is 23.7 Å². The van der Waals surface area contributed by atoms with Crippen molar-refractivity contribution in [1.29, 1.82) is 0 Å². The van der Waals surface area contributed by atoms with Crippen LogP contribution >= 0.6 is 0 Å². The summed E-state index contributed by atoms with van der Waals surface area (Å²) in [6.07, 6.45) is 36.0. The van der Waals surface area contributed by atoms with E-state index in [0.29, 0.717) is 19.3 Å². The van der Waals surface area contributed by atoms with Crippen molar-refractivity contribution in [3.05, 3.63) is 24.3 Å². The monoisotopic (exact) mass is 951 g/mol. The molecule has 0 spiro atoms. The Bertz CT molecular complexity index is 1270. The first-order valence-corrected chi connectivity index (χ1v) is 27.3.